The van der Waals surface area contributed by atoms with Gasteiger partial charge in [0.2, 0.25) is 0 Å². The van der Waals surface area contributed by atoms with Crippen LogP contribution in [0.5, 0.6) is 0 Å². The summed E-state index contributed by atoms with van der Waals surface area (Å²) < 4.78 is 92.2. The van der Waals surface area contributed by atoms with E-state index in [-0.39, 0.29) is 32.8 Å². The van der Waals surface area contributed by atoms with Crippen molar-refractivity contribution >= 4 is 48.4 Å². The number of halogens is 6. The van der Waals surface area contributed by atoms with Gasteiger partial charge in [-0.2, -0.15) is 22.0 Å². The van der Waals surface area contributed by atoms with Crippen molar-refractivity contribution < 1.29 is 35.2 Å². The number of aryl methyl sites for hydroxylation is 1. The average Bonchev–Trinajstić information content (AvgIpc) is 3.03. The Morgan fingerprint density at radius 2 is 1.82 bits per heavy atom. The van der Waals surface area contributed by atoms with Crippen LogP contribution in [0.3, 0.4) is 0 Å². The molecule has 1 amide bonds. The monoisotopic (exact) mass is 555 g/mol. The first-order valence-electron chi connectivity index (χ1n) is 9.09. The molecule has 0 aliphatic carbocycles. The summed E-state index contributed by atoms with van der Waals surface area (Å²) in [5.74, 6) is -5.96. The number of nitrogens with zero attached hydrogens (tertiary/aromatic N) is 4. The molecule has 178 valence electrons. The van der Waals surface area contributed by atoms with Gasteiger partial charge >= 0.3 is 12.1 Å². The van der Waals surface area contributed by atoms with Gasteiger partial charge in [-0.05, 0) is 28.1 Å². The number of imidazole rings is 1. The molecule has 33 heavy (non-hydrogen) atoms. The van der Waals surface area contributed by atoms with E-state index in [9.17, 15) is 35.2 Å². The number of rotatable bonds is 5. The molecule has 15 heteroatoms. The van der Waals surface area contributed by atoms with Crippen LogP contribution in [0.4, 0.5) is 27.6 Å². The van der Waals surface area contributed by atoms with E-state index in [0.717, 1.165) is 12.3 Å². The predicted molar refractivity (Wildman–Crippen MR) is 111 cm³/mol. The van der Waals surface area contributed by atoms with Crippen LogP contribution in [0.15, 0.2) is 27.8 Å². The smallest absolute Gasteiger partial charge is 0.324 e. The van der Waals surface area contributed by atoms with Gasteiger partial charge in [-0.25, -0.2) is 23.4 Å². The normalized spacial score (nSPS) is 12.9. The number of carbonyl (C=O) groups excluding carboxylic acids is 1. The molecule has 1 N–H and O–H groups in total. The lowest BCUT2D eigenvalue weighted by Gasteiger charge is -2.15. The molecule has 0 unspecified atom stereocenters. The molecular weight excluding hydrogens is 541 g/mol. The van der Waals surface area contributed by atoms with Crippen molar-refractivity contribution in [1.82, 2.24) is 19.5 Å². The fourth-order valence-corrected chi connectivity index (χ4v) is 4.23. The molecule has 8 nitrogen and oxygen atoms in total. The number of alkyl halides is 5. The van der Waals surface area contributed by atoms with Crippen molar-refractivity contribution in [3.05, 3.63) is 28.6 Å². The molecule has 0 aliphatic heterocycles. The number of anilines is 1. The third kappa shape index (κ3) is 4.83. The van der Waals surface area contributed by atoms with E-state index in [2.05, 4.69) is 30.9 Å². The highest BCUT2D eigenvalue weighted by molar-refractivity contribution is 9.10. The van der Waals surface area contributed by atoms with Gasteiger partial charge in [0.05, 0.1) is 33.6 Å². The van der Waals surface area contributed by atoms with Gasteiger partial charge in [0.25, 0.3) is 5.91 Å². The molecule has 0 aliphatic rings. The molecule has 3 aromatic heterocycles. The number of hydrogen-bond acceptors (Lipinski definition) is 6. The van der Waals surface area contributed by atoms with E-state index in [0.29, 0.717) is 13.0 Å². The third-order valence-electron chi connectivity index (χ3n) is 4.57. The summed E-state index contributed by atoms with van der Waals surface area (Å²) in [6.45, 7) is 1.69. The number of aromatic nitrogens is 4. The molecule has 3 aromatic rings. The van der Waals surface area contributed by atoms with E-state index < -0.39 is 44.2 Å². The van der Waals surface area contributed by atoms with Crippen LogP contribution in [0.2, 0.25) is 0 Å². The molecular formula is C18H15BrF5N5O3S. The van der Waals surface area contributed by atoms with Crippen LogP contribution in [0.1, 0.15) is 19.5 Å². The van der Waals surface area contributed by atoms with Crippen LogP contribution in [0.25, 0.3) is 22.6 Å². The lowest BCUT2D eigenvalue weighted by Crippen LogP contribution is -2.31. The Bertz CT molecular complexity index is 1370. The second-order valence-corrected chi connectivity index (χ2v) is 9.97. The second-order valence-electron chi connectivity index (χ2n) is 6.97. The van der Waals surface area contributed by atoms with Gasteiger partial charge in [0.15, 0.2) is 15.7 Å². The summed E-state index contributed by atoms with van der Waals surface area (Å²) >= 11 is 3.00. The van der Waals surface area contributed by atoms with Crippen molar-refractivity contribution in [2.75, 3.05) is 11.1 Å². The number of amides is 1. The Balaban J connectivity index is 2.26. The van der Waals surface area contributed by atoms with Crippen molar-refractivity contribution in [2.24, 2.45) is 7.05 Å². The number of fused-ring (bicyclic) bond motifs is 1. The van der Waals surface area contributed by atoms with Gasteiger partial charge in [-0.3, -0.25) is 4.79 Å². The van der Waals surface area contributed by atoms with E-state index in [1.54, 1.807) is 0 Å². The molecule has 0 fully saturated rings. The van der Waals surface area contributed by atoms with Gasteiger partial charge < -0.3 is 9.88 Å². The maximum Gasteiger partial charge on any atom is 0.433 e. The van der Waals surface area contributed by atoms with Crippen LogP contribution < -0.4 is 5.32 Å². The molecule has 0 saturated carbocycles. The zero-order chi connectivity index (χ0) is 24.9. The van der Waals surface area contributed by atoms with Crippen LogP contribution in [-0.4, -0.2) is 45.5 Å². The predicted octanol–water partition coefficient (Wildman–Crippen LogP) is 4.20. The minimum absolute atomic E-state index is 0.113. The maximum atomic E-state index is 13.3. The molecule has 0 bridgehead atoms. The maximum absolute atomic E-state index is 13.3. The zero-order valence-electron chi connectivity index (χ0n) is 17.1. The van der Waals surface area contributed by atoms with E-state index in [4.69, 9.17) is 0 Å². The van der Waals surface area contributed by atoms with Crippen molar-refractivity contribution in [3.63, 3.8) is 0 Å². The molecule has 0 atom stereocenters. The summed E-state index contributed by atoms with van der Waals surface area (Å²) in [6, 6.07) is 1.65. The quantitative estimate of drug-likeness (QED) is 0.373. The average molecular weight is 556 g/mol. The fraction of sp³-hybridized carbons (Fsp3) is 0.333. The molecule has 0 aromatic carbocycles. The second kappa shape index (κ2) is 8.27. The Hall–Kier alpha value is -2.68. The molecule has 3 heterocycles. The summed E-state index contributed by atoms with van der Waals surface area (Å²) in [6.07, 6.45) is -3.78. The van der Waals surface area contributed by atoms with E-state index in [1.165, 1.54) is 18.5 Å². The molecule has 0 saturated heterocycles. The van der Waals surface area contributed by atoms with Gasteiger partial charge in [-0.15, -0.1) is 0 Å². The first-order valence-corrected chi connectivity index (χ1v) is 11.5. The third-order valence-corrected chi connectivity index (χ3v) is 6.92. The first-order chi connectivity index (χ1) is 15.1. The highest BCUT2D eigenvalue weighted by Crippen LogP contribution is 2.35. The van der Waals surface area contributed by atoms with Gasteiger partial charge in [0, 0.05) is 14.0 Å². The lowest BCUT2D eigenvalue weighted by molar-refractivity contribution is -0.141. The van der Waals surface area contributed by atoms with E-state index >= 15 is 0 Å². The molecule has 0 spiro atoms. The van der Waals surface area contributed by atoms with Crippen LogP contribution in [-0.2, 0) is 27.9 Å². The summed E-state index contributed by atoms with van der Waals surface area (Å²) in [7, 11) is -2.62. The minimum Gasteiger partial charge on any atom is -0.324 e. The number of hydrogen-bond donors (Lipinski definition) is 1. The lowest BCUT2D eigenvalue weighted by atomic mass is 10.3. The largest absolute Gasteiger partial charge is 0.433 e. The minimum atomic E-state index is -4.72. The van der Waals surface area contributed by atoms with Crippen molar-refractivity contribution in [1.29, 1.82) is 0 Å². The highest BCUT2D eigenvalue weighted by atomic mass is 79.9. The van der Waals surface area contributed by atoms with E-state index in [1.807, 2.05) is 5.32 Å². The highest BCUT2D eigenvalue weighted by Gasteiger charge is 2.35. The number of nitrogens with one attached hydrogen (secondary N) is 1. The Morgan fingerprint density at radius 1 is 1.18 bits per heavy atom. The topological polar surface area (TPSA) is 107 Å². The summed E-state index contributed by atoms with van der Waals surface area (Å²) in [4.78, 5) is 22.8. The Kier molecular flexibility index (Phi) is 6.25. The zero-order valence-corrected chi connectivity index (χ0v) is 19.5. The fourth-order valence-electron chi connectivity index (χ4n) is 2.80. The standard InChI is InChI=1S/C18H15BrF5N5O3S/c1-4-33(31,32)11-5-9(27-16(30)17(2,20)21)14(19)28-13(11)15-26-8-6-12(18(22,23)24)25-7-10(8)29(15)3/h5-7H,4H2,1-3H3,(H,27,30). The summed E-state index contributed by atoms with van der Waals surface area (Å²) in [5, 5.41) is 1.91. The number of carbonyl (C=O) groups is 1. The first kappa shape index (κ1) is 25.0. The van der Waals surface area contributed by atoms with Crippen LogP contribution in [0, 0.1) is 0 Å². The Labute approximate surface area is 192 Å². The SMILES string of the molecule is CCS(=O)(=O)c1cc(NC(=O)C(C)(F)F)c(Br)nc1-c1nc2cc(C(F)(F)F)ncc2n1C. The summed E-state index contributed by atoms with van der Waals surface area (Å²) in [5.41, 5.74) is -1.72. The number of pyridine rings is 2. The van der Waals surface area contributed by atoms with Crippen molar-refractivity contribution in [3.8, 4) is 11.5 Å². The molecule has 0 radical (unpaired) electrons. The van der Waals surface area contributed by atoms with Crippen molar-refractivity contribution in [2.45, 2.75) is 30.8 Å². The van der Waals surface area contributed by atoms with Gasteiger partial charge in [0.1, 0.15) is 16.0 Å². The number of sulfone groups is 1. The molecule has 3 rings (SSSR count). The van der Waals surface area contributed by atoms with Crippen LogP contribution >= 0.6 is 15.9 Å². The Morgan fingerprint density at radius 3 is 2.36 bits per heavy atom. The van der Waals surface area contributed by atoms with Gasteiger partial charge in [-0.1, -0.05) is 6.92 Å².